The lowest BCUT2D eigenvalue weighted by molar-refractivity contribution is -0.136. The van der Waals surface area contributed by atoms with Gasteiger partial charge in [-0.25, -0.2) is 8.78 Å². The topological polar surface area (TPSA) is 50.4 Å². The summed E-state index contributed by atoms with van der Waals surface area (Å²) in [4.78, 5) is 12.7. The molecule has 1 unspecified atom stereocenters. The maximum absolute atomic E-state index is 13.3. The van der Waals surface area contributed by atoms with E-state index >= 15 is 0 Å². The lowest BCUT2D eigenvalue weighted by Crippen LogP contribution is -2.50. The van der Waals surface area contributed by atoms with Gasteiger partial charge in [0.15, 0.2) is 11.6 Å². The second-order valence-corrected chi connectivity index (χ2v) is 5.83. The van der Waals surface area contributed by atoms with Crippen LogP contribution in [0, 0.1) is 17.0 Å². The van der Waals surface area contributed by atoms with Crippen molar-refractivity contribution in [2.24, 2.45) is 5.41 Å². The Morgan fingerprint density at radius 1 is 1.36 bits per heavy atom. The number of halogens is 2. The molecule has 1 aromatic carbocycles. The van der Waals surface area contributed by atoms with Crippen molar-refractivity contribution in [1.29, 1.82) is 0 Å². The number of hydrogen-bond donors (Lipinski definition) is 2. The zero-order valence-corrected chi connectivity index (χ0v) is 12.9. The molecule has 0 radical (unpaired) electrons. The van der Waals surface area contributed by atoms with E-state index in [1.807, 2.05) is 0 Å². The van der Waals surface area contributed by atoms with Crippen LogP contribution in [0.15, 0.2) is 18.2 Å². The highest BCUT2D eigenvalue weighted by Crippen LogP contribution is 2.30. The molecule has 1 heterocycles. The van der Waals surface area contributed by atoms with Crippen molar-refractivity contribution >= 4 is 5.91 Å². The Balaban J connectivity index is 2.09. The largest absolute Gasteiger partial charge is 0.384 e. The molecule has 2 rings (SSSR count). The smallest absolute Gasteiger partial charge is 0.229 e. The summed E-state index contributed by atoms with van der Waals surface area (Å²) in [5.74, 6) is -1.91. The van der Waals surface area contributed by atoms with E-state index in [1.54, 1.807) is 14.0 Å². The van der Waals surface area contributed by atoms with Crippen molar-refractivity contribution in [1.82, 2.24) is 10.6 Å². The Morgan fingerprint density at radius 3 is 2.64 bits per heavy atom. The van der Waals surface area contributed by atoms with Gasteiger partial charge in [0, 0.05) is 7.11 Å². The van der Waals surface area contributed by atoms with E-state index in [1.165, 1.54) is 6.07 Å². The maximum atomic E-state index is 13.3. The standard InChI is InChI=1S/C16H22F2N2O2/c1-11(12-3-4-13(17)14(18)9-12)20-15(21)16(10-22-2)5-7-19-8-6-16/h3-4,9,11,19H,5-8,10H2,1-2H3,(H,20,21). The number of amides is 1. The number of piperidine rings is 1. The van der Waals surface area contributed by atoms with E-state index < -0.39 is 23.1 Å². The van der Waals surface area contributed by atoms with E-state index in [4.69, 9.17) is 4.74 Å². The van der Waals surface area contributed by atoms with Crippen molar-refractivity contribution in [3.63, 3.8) is 0 Å². The summed E-state index contributed by atoms with van der Waals surface area (Å²) < 4.78 is 31.5. The number of carbonyl (C=O) groups is 1. The van der Waals surface area contributed by atoms with Gasteiger partial charge in [0.2, 0.25) is 5.91 Å². The second-order valence-electron chi connectivity index (χ2n) is 5.83. The first-order chi connectivity index (χ1) is 10.5. The fraction of sp³-hybridized carbons (Fsp3) is 0.562. The summed E-state index contributed by atoms with van der Waals surface area (Å²) in [5, 5.41) is 6.13. The van der Waals surface area contributed by atoms with Crippen molar-refractivity contribution in [2.75, 3.05) is 26.8 Å². The lowest BCUT2D eigenvalue weighted by atomic mass is 9.78. The lowest BCUT2D eigenvalue weighted by Gasteiger charge is -2.36. The summed E-state index contributed by atoms with van der Waals surface area (Å²) in [7, 11) is 1.58. The molecule has 1 saturated heterocycles. The molecule has 1 atom stereocenters. The molecule has 0 aliphatic carbocycles. The Hall–Kier alpha value is -1.53. The van der Waals surface area contributed by atoms with Crippen LogP contribution in [0.4, 0.5) is 8.78 Å². The number of methoxy groups -OCH3 is 1. The zero-order chi connectivity index (χ0) is 16.2. The number of nitrogens with one attached hydrogen (secondary N) is 2. The van der Waals surface area contributed by atoms with E-state index in [0.29, 0.717) is 25.0 Å². The predicted octanol–water partition coefficient (Wildman–Crippen LogP) is 2.16. The van der Waals surface area contributed by atoms with Crippen LogP contribution in [0.25, 0.3) is 0 Å². The van der Waals surface area contributed by atoms with E-state index in [2.05, 4.69) is 10.6 Å². The molecular formula is C16H22F2N2O2. The number of hydrogen-bond acceptors (Lipinski definition) is 3. The molecular weight excluding hydrogens is 290 g/mol. The first-order valence-electron chi connectivity index (χ1n) is 7.44. The number of carbonyl (C=O) groups excluding carboxylic acids is 1. The van der Waals surface area contributed by atoms with Crippen molar-refractivity contribution in [3.05, 3.63) is 35.4 Å². The van der Waals surface area contributed by atoms with E-state index in [0.717, 1.165) is 25.2 Å². The molecule has 1 aliphatic rings. The third-order valence-corrected chi connectivity index (χ3v) is 4.25. The summed E-state index contributed by atoms with van der Waals surface area (Å²) >= 11 is 0. The Labute approximate surface area is 129 Å². The van der Waals surface area contributed by atoms with Crippen LogP contribution in [-0.2, 0) is 9.53 Å². The monoisotopic (exact) mass is 312 g/mol. The third-order valence-electron chi connectivity index (χ3n) is 4.25. The SMILES string of the molecule is COCC1(C(=O)NC(C)c2ccc(F)c(F)c2)CCNCC1. The molecule has 4 nitrogen and oxygen atoms in total. The van der Waals surface area contributed by atoms with E-state index in [-0.39, 0.29) is 5.91 Å². The van der Waals surface area contributed by atoms with Crippen LogP contribution in [0.5, 0.6) is 0 Å². The molecule has 0 saturated carbocycles. The van der Waals surface area contributed by atoms with Crippen LogP contribution >= 0.6 is 0 Å². The van der Waals surface area contributed by atoms with E-state index in [9.17, 15) is 13.6 Å². The average Bonchev–Trinajstić information content (AvgIpc) is 2.51. The van der Waals surface area contributed by atoms with Gasteiger partial charge in [0.25, 0.3) is 0 Å². The minimum absolute atomic E-state index is 0.104. The minimum atomic E-state index is -0.910. The van der Waals surface area contributed by atoms with Crippen LogP contribution in [0.3, 0.4) is 0 Å². The summed E-state index contributed by atoms with van der Waals surface area (Å²) in [6.45, 7) is 3.63. The fourth-order valence-corrected chi connectivity index (χ4v) is 2.83. The van der Waals surface area contributed by atoms with Crippen LogP contribution in [0.1, 0.15) is 31.4 Å². The molecule has 0 aromatic heterocycles. The highest BCUT2D eigenvalue weighted by Gasteiger charge is 2.40. The Kier molecular flexibility index (Phi) is 5.47. The number of rotatable bonds is 5. The molecule has 122 valence electrons. The molecule has 1 aromatic rings. The van der Waals surface area contributed by atoms with Gasteiger partial charge in [-0.3, -0.25) is 4.79 Å². The summed E-state index contributed by atoms with van der Waals surface area (Å²) in [6.07, 6.45) is 1.38. The van der Waals surface area contributed by atoms with Gasteiger partial charge in [-0.05, 0) is 50.6 Å². The van der Waals surface area contributed by atoms with Gasteiger partial charge in [-0.1, -0.05) is 6.07 Å². The van der Waals surface area contributed by atoms with Gasteiger partial charge in [0.05, 0.1) is 18.1 Å². The van der Waals surface area contributed by atoms with Gasteiger partial charge in [-0.15, -0.1) is 0 Å². The van der Waals surface area contributed by atoms with Crippen LogP contribution < -0.4 is 10.6 Å². The number of ether oxygens (including phenoxy) is 1. The maximum Gasteiger partial charge on any atom is 0.229 e. The molecule has 1 amide bonds. The quantitative estimate of drug-likeness (QED) is 0.876. The van der Waals surface area contributed by atoms with Crippen molar-refractivity contribution in [2.45, 2.75) is 25.8 Å². The summed E-state index contributed by atoms with van der Waals surface area (Å²) in [6, 6.07) is 3.27. The molecule has 6 heteroatoms. The van der Waals surface area contributed by atoms with Crippen molar-refractivity contribution in [3.8, 4) is 0 Å². The molecule has 1 fully saturated rings. The first-order valence-corrected chi connectivity index (χ1v) is 7.44. The predicted molar refractivity (Wildman–Crippen MR) is 79.3 cm³/mol. The number of benzene rings is 1. The Morgan fingerprint density at radius 2 is 2.05 bits per heavy atom. The summed E-state index contributed by atoms with van der Waals surface area (Å²) in [5.41, 5.74) is -0.0268. The molecule has 1 aliphatic heterocycles. The van der Waals surface area contributed by atoms with Gasteiger partial charge in [0.1, 0.15) is 0 Å². The molecule has 0 spiro atoms. The van der Waals surface area contributed by atoms with Crippen molar-refractivity contribution < 1.29 is 18.3 Å². The third kappa shape index (κ3) is 3.62. The molecule has 0 bridgehead atoms. The average molecular weight is 312 g/mol. The fourth-order valence-electron chi connectivity index (χ4n) is 2.83. The van der Waals surface area contributed by atoms with Gasteiger partial charge in [-0.2, -0.15) is 0 Å². The Bertz CT molecular complexity index is 525. The van der Waals surface area contributed by atoms with Gasteiger partial charge < -0.3 is 15.4 Å². The van der Waals surface area contributed by atoms with Crippen LogP contribution in [-0.4, -0.2) is 32.7 Å². The van der Waals surface area contributed by atoms with Gasteiger partial charge >= 0.3 is 0 Å². The first kappa shape index (κ1) is 16.8. The zero-order valence-electron chi connectivity index (χ0n) is 12.9. The molecule has 2 N–H and O–H groups in total. The highest BCUT2D eigenvalue weighted by atomic mass is 19.2. The minimum Gasteiger partial charge on any atom is -0.384 e. The second kappa shape index (κ2) is 7.15. The highest BCUT2D eigenvalue weighted by molar-refractivity contribution is 5.83. The normalized spacial score (nSPS) is 18.7. The van der Waals surface area contributed by atoms with Crippen LogP contribution in [0.2, 0.25) is 0 Å². The molecule has 22 heavy (non-hydrogen) atoms.